The van der Waals surface area contributed by atoms with Gasteiger partial charge >= 0.3 is 5.97 Å². The quantitative estimate of drug-likeness (QED) is 0.489. The lowest BCUT2D eigenvalue weighted by molar-refractivity contribution is -0.137. The molecule has 0 heterocycles. The summed E-state index contributed by atoms with van der Waals surface area (Å²) >= 11 is 0. The minimum absolute atomic E-state index is 0.253. The summed E-state index contributed by atoms with van der Waals surface area (Å²) in [4.78, 5) is 10.4. The number of allylic oxidation sites excluding steroid dienone is 9. The first kappa shape index (κ1) is 18.2. The van der Waals surface area contributed by atoms with Crippen LogP contribution in [-0.4, -0.2) is 5.97 Å². The van der Waals surface area contributed by atoms with Crippen molar-refractivity contribution in [3.63, 3.8) is 0 Å². The Labute approximate surface area is 134 Å². The van der Waals surface area contributed by atoms with Crippen LogP contribution >= 0.6 is 0 Å². The molecule has 119 valence electrons. The number of rotatable bonds is 5. The second-order valence-corrected chi connectivity index (χ2v) is 6.74. The van der Waals surface area contributed by atoms with E-state index in [1.165, 1.54) is 30.4 Å². The van der Waals surface area contributed by atoms with E-state index in [9.17, 15) is 9.90 Å². The Bertz CT molecular complexity index is 567. The summed E-state index contributed by atoms with van der Waals surface area (Å²) in [5.74, 6) is -1.16. The van der Waals surface area contributed by atoms with E-state index in [2.05, 4.69) is 32.9 Å². The van der Waals surface area contributed by atoms with E-state index >= 15 is 0 Å². The molecular formula is C20H27O2. The van der Waals surface area contributed by atoms with Gasteiger partial charge in [-0.3, -0.25) is 0 Å². The highest BCUT2D eigenvalue weighted by atomic mass is 16.4. The highest BCUT2D eigenvalue weighted by Gasteiger charge is 2.26. The summed E-state index contributed by atoms with van der Waals surface area (Å²) in [6.07, 6.45) is 14.8. The highest BCUT2D eigenvalue weighted by molar-refractivity contribution is 5.80. The Morgan fingerprint density at radius 3 is 2.41 bits per heavy atom. The lowest BCUT2D eigenvalue weighted by Gasteiger charge is -2.32. The van der Waals surface area contributed by atoms with E-state index in [0.29, 0.717) is 5.57 Å². The smallest absolute Gasteiger partial charge is 0.242 e. The monoisotopic (exact) mass is 299 g/mol. The standard InChI is InChI=1S/C20H27O2/c1-15(8-6-9-16(2)14-19(21)22)11-12-18-17(3)10-7-13-20(18,4)5/h6,8-9,11-12,14H,7,10,13H2,1-5H3/b9-6+,12-11+,15-8+,16-14+. The maximum atomic E-state index is 10.4. The number of hydrogen-bond acceptors (Lipinski definition) is 1. The summed E-state index contributed by atoms with van der Waals surface area (Å²) in [6, 6.07) is 0. The van der Waals surface area contributed by atoms with Gasteiger partial charge in [0.05, 0.1) is 0 Å². The second kappa shape index (κ2) is 7.98. The first-order valence-electron chi connectivity index (χ1n) is 7.85. The van der Waals surface area contributed by atoms with Crippen molar-refractivity contribution in [2.45, 2.75) is 53.9 Å². The molecular weight excluding hydrogens is 272 g/mol. The Morgan fingerprint density at radius 2 is 1.82 bits per heavy atom. The minimum atomic E-state index is -1.16. The summed E-state index contributed by atoms with van der Waals surface area (Å²) in [6.45, 7) is 10.6. The molecule has 2 heteroatoms. The van der Waals surface area contributed by atoms with Gasteiger partial charge in [-0.2, -0.15) is 0 Å². The van der Waals surface area contributed by atoms with Crippen LogP contribution in [0.1, 0.15) is 53.9 Å². The molecule has 0 bridgehead atoms. The van der Waals surface area contributed by atoms with Crippen molar-refractivity contribution in [1.82, 2.24) is 0 Å². The maximum absolute atomic E-state index is 10.4. The third-order valence-electron chi connectivity index (χ3n) is 4.12. The zero-order chi connectivity index (χ0) is 16.8. The Balaban J connectivity index is 2.79. The molecule has 0 aromatic rings. The first-order valence-corrected chi connectivity index (χ1v) is 7.85. The number of carbonyl (C=O) groups is 1. The van der Waals surface area contributed by atoms with Gasteiger partial charge in [-0.25, -0.2) is 9.90 Å². The van der Waals surface area contributed by atoms with Gasteiger partial charge in [-0.15, -0.1) is 0 Å². The van der Waals surface area contributed by atoms with Crippen LogP contribution in [0.15, 0.2) is 58.7 Å². The summed E-state index contributed by atoms with van der Waals surface area (Å²) in [7, 11) is 0. The number of carbonyl (C=O) groups excluding carboxylic acids is 1. The third kappa shape index (κ3) is 5.88. The average Bonchev–Trinajstić information content (AvgIpc) is 2.36. The van der Waals surface area contributed by atoms with Crippen molar-refractivity contribution in [1.29, 1.82) is 0 Å². The molecule has 1 aliphatic rings. The van der Waals surface area contributed by atoms with E-state index in [4.69, 9.17) is 0 Å². The van der Waals surface area contributed by atoms with Crippen LogP contribution in [0.25, 0.3) is 0 Å². The van der Waals surface area contributed by atoms with Gasteiger partial charge in [-0.1, -0.05) is 55.4 Å². The van der Waals surface area contributed by atoms with Gasteiger partial charge < -0.3 is 0 Å². The van der Waals surface area contributed by atoms with E-state index in [0.717, 1.165) is 11.6 Å². The molecule has 2 nitrogen and oxygen atoms in total. The maximum Gasteiger partial charge on any atom is 0.379 e. The van der Waals surface area contributed by atoms with Gasteiger partial charge in [0.2, 0.25) is 0 Å². The van der Waals surface area contributed by atoms with Gasteiger partial charge in [-0.05, 0) is 56.6 Å². The fraction of sp³-hybridized carbons (Fsp3) is 0.450. The molecule has 1 rings (SSSR count). The molecule has 0 aromatic carbocycles. The molecule has 0 saturated heterocycles. The normalized spacial score (nSPS) is 20.2. The topological polar surface area (TPSA) is 37.0 Å². The fourth-order valence-electron chi connectivity index (χ4n) is 2.87. The van der Waals surface area contributed by atoms with Crippen LogP contribution in [0.5, 0.6) is 0 Å². The lowest BCUT2D eigenvalue weighted by Crippen LogP contribution is -2.19. The summed E-state index contributed by atoms with van der Waals surface area (Å²) in [5.41, 5.74) is 4.99. The fourth-order valence-corrected chi connectivity index (χ4v) is 2.87. The van der Waals surface area contributed by atoms with Gasteiger partial charge in [0.25, 0.3) is 0 Å². The van der Waals surface area contributed by atoms with Gasteiger partial charge in [0, 0.05) is 6.08 Å². The molecule has 1 radical (unpaired) electrons. The summed E-state index contributed by atoms with van der Waals surface area (Å²) in [5, 5.41) is 10.4. The highest BCUT2D eigenvalue weighted by Crippen LogP contribution is 2.40. The molecule has 0 unspecified atom stereocenters. The average molecular weight is 299 g/mol. The third-order valence-corrected chi connectivity index (χ3v) is 4.12. The molecule has 0 atom stereocenters. The molecule has 0 N–H and O–H groups in total. The van der Waals surface area contributed by atoms with E-state index in [1.54, 1.807) is 13.0 Å². The van der Waals surface area contributed by atoms with Crippen molar-refractivity contribution < 1.29 is 9.90 Å². The van der Waals surface area contributed by atoms with Crippen LogP contribution in [0, 0.1) is 5.41 Å². The first-order chi connectivity index (χ1) is 10.2. The van der Waals surface area contributed by atoms with Crippen molar-refractivity contribution in [3.05, 3.63) is 58.7 Å². The molecule has 0 aliphatic heterocycles. The van der Waals surface area contributed by atoms with Crippen LogP contribution < -0.4 is 0 Å². The SMILES string of the molecule is CC1=C(/C=C/C(C)=C/C=C/C(C)=C/C([O])=O)C(C)(C)CCC1. The predicted octanol–water partition coefficient (Wildman–Crippen LogP) is 5.48. The van der Waals surface area contributed by atoms with Crippen molar-refractivity contribution in [2.24, 2.45) is 5.41 Å². The molecule has 0 fully saturated rings. The van der Waals surface area contributed by atoms with E-state index in [1.807, 2.05) is 19.1 Å². The lowest BCUT2D eigenvalue weighted by atomic mass is 9.72. The molecule has 1 aliphatic carbocycles. The molecule has 0 spiro atoms. The Kier molecular flexibility index (Phi) is 6.61. The van der Waals surface area contributed by atoms with Crippen LogP contribution in [0.2, 0.25) is 0 Å². The van der Waals surface area contributed by atoms with Crippen molar-refractivity contribution >= 4 is 5.97 Å². The molecule has 22 heavy (non-hydrogen) atoms. The molecule has 0 aromatic heterocycles. The van der Waals surface area contributed by atoms with Crippen molar-refractivity contribution in [2.75, 3.05) is 0 Å². The Hall–Kier alpha value is -1.83. The largest absolute Gasteiger partial charge is 0.379 e. The number of hydrogen-bond donors (Lipinski definition) is 0. The van der Waals surface area contributed by atoms with Gasteiger partial charge in [0.15, 0.2) is 0 Å². The summed E-state index contributed by atoms with van der Waals surface area (Å²) < 4.78 is 0. The van der Waals surface area contributed by atoms with E-state index < -0.39 is 5.97 Å². The zero-order valence-electron chi connectivity index (χ0n) is 14.4. The predicted molar refractivity (Wildman–Crippen MR) is 91.8 cm³/mol. The molecule has 0 amide bonds. The van der Waals surface area contributed by atoms with Crippen LogP contribution in [0.4, 0.5) is 0 Å². The van der Waals surface area contributed by atoms with Gasteiger partial charge in [0.1, 0.15) is 0 Å². The minimum Gasteiger partial charge on any atom is -0.242 e. The Morgan fingerprint density at radius 1 is 1.14 bits per heavy atom. The van der Waals surface area contributed by atoms with Crippen LogP contribution in [-0.2, 0) is 9.90 Å². The second-order valence-electron chi connectivity index (χ2n) is 6.74. The zero-order valence-corrected chi connectivity index (χ0v) is 14.4. The van der Waals surface area contributed by atoms with Crippen molar-refractivity contribution in [3.8, 4) is 0 Å². The molecule has 0 saturated carbocycles. The van der Waals surface area contributed by atoms with Crippen LogP contribution in [0.3, 0.4) is 0 Å². The van der Waals surface area contributed by atoms with E-state index in [-0.39, 0.29) is 5.41 Å².